The van der Waals surface area contributed by atoms with Crippen LogP contribution < -0.4 is 11.1 Å². The van der Waals surface area contributed by atoms with Crippen LogP contribution in [0, 0.1) is 3.57 Å². The number of fused-ring (bicyclic) bond motifs is 1. The molecule has 102 valence electrons. The number of hydrogen-bond acceptors (Lipinski definition) is 2. The highest BCUT2D eigenvalue weighted by Crippen LogP contribution is 2.25. The average molecular weight is 393 g/mol. The normalized spacial score (nSPS) is 12.6. The average Bonchev–Trinajstić information content (AvgIpc) is 2.67. The number of aromatic nitrogens is 2. The highest BCUT2D eigenvalue weighted by molar-refractivity contribution is 14.1. The Bertz CT molecular complexity index is 611. The summed E-state index contributed by atoms with van der Waals surface area (Å²) in [6, 6.07) is 5.51. The molecule has 3 N–H and O–H groups in total. The second kappa shape index (κ2) is 5.96. The van der Waals surface area contributed by atoms with Gasteiger partial charge in [-0.15, -0.1) is 11.6 Å². The number of halogens is 2. The fourth-order valence-electron chi connectivity index (χ4n) is 1.95. The molecule has 0 aliphatic carbocycles. The summed E-state index contributed by atoms with van der Waals surface area (Å²) in [5, 5.41) is 2.38. The van der Waals surface area contributed by atoms with Crippen molar-refractivity contribution >= 4 is 51.3 Å². The number of alkyl halides is 1. The lowest BCUT2D eigenvalue weighted by molar-refractivity contribution is 0.248. The number of rotatable bonds is 4. The van der Waals surface area contributed by atoms with Gasteiger partial charge in [0.15, 0.2) is 0 Å². The van der Waals surface area contributed by atoms with Crippen LogP contribution in [0.2, 0.25) is 0 Å². The predicted molar refractivity (Wildman–Crippen MR) is 84.3 cm³/mol. The van der Waals surface area contributed by atoms with Gasteiger partial charge in [0.25, 0.3) is 0 Å². The van der Waals surface area contributed by atoms with Crippen molar-refractivity contribution in [3.63, 3.8) is 0 Å². The molecule has 1 atom stereocenters. The molecule has 1 heterocycles. The molecule has 0 fully saturated rings. The van der Waals surface area contributed by atoms with Gasteiger partial charge in [-0.25, -0.2) is 9.78 Å². The molecule has 2 rings (SSSR count). The molecule has 19 heavy (non-hydrogen) atoms. The lowest BCUT2D eigenvalue weighted by atomic mass is 10.3. The van der Waals surface area contributed by atoms with E-state index in [0.29, 0.717) is 13.1 Å². The van der Waals surface area contributed by atoms with Crippen LogP contribution in [0.5, 0.6) is 0 Å². The number of benzene rings is 1. The molecular weight excluding hydrogens is 379 g/mol. The predicted octanol–water partition coefficient (Wildman–Crippen LogP) is 2.61. The second-order valence-corrected chi connectivity index (χ2v) is 6.06. The van der Waals surface area contributed by atoms with Crippen LogP contribution in [-0.2, 0) is 6.54 Å². The van der Waals surface area contributed by atoms with Gasteiger partial charge < -0.3 is 15.6 Å². The van der Waals surface area contributed by atoms with Crippen LogP contribution in [0.4, 0.5) is 4.79 Å². The van der Waals surface area contributed by atoms with Crippen molar-refractivity contribution in [1.82, 2.24) is 14.9 Å². The molecule has 2 amide bonds. The van der Waals surface area contributed by atoms with E-state index in [-0.39, 0.29) is 5.38 Å². The first-order chi connectivity index (χ1) is 8.99. The van der Waals surface area contributed by atoms with Crippen LogP contribution >= 0.6 is 34.2 Å². The zero-order valence-electron chi connectivity index (χ0n) is 10.4. The first kappa shape index (κ1) is 14.4. The lowest BCUT2D eigenvalue weighted by Gasteiger charge is -2.10. The van der Waals surface area contributed by atoms with Gasteiger partial charge in [-0.3, -0.25) is 0 Å². The van der Waals surface area contributed by atoms with E-state index in [0.717, 1.165) is 20.4 Å². The van der Waals surface area contributed by atoms with E-state index in [1.54, 1.807) is 0 Å². The number of imidazole rings is 1. The van der Waals surface area contributed by atoms with Gasteiger partial charge in [-0.1, -0.05) is 0 Å². The minimum atomic E-state index is -0.528. The van der Waals surface area contributed by atoms with Crippen molar-refractivity contribution in [3.05, 3.63) is 27.6 Å². The third-order valence-electron chi connectivity index (χ3n) is 2.73. The Morgan fingerprint density at radius 3 is 3.00 bits per heavy atom. The van der Waals surface area contributed by atoms with Crippen LogP contribution in [0.3, 0.4) is 0 Å². The summed E-state index contributed by atoms with van der Waals surface area (Å²) in [6.45, 7) is 2.92. The number of nitrogens with one attached hydrogen (secondary N) is 1. The van der Waals surface area contributed by atoms with E-state index in [2.05, 4.69) is 32.9 Å². The zero-order valence-corrected chi connectivity index (χ0v) is 13.3. The molecule has 2 aromatic rings. The number of carbonyl (C=O) groups is 1. The number of amides is 2. The minimum absolute atomic E-state index is 0.196. The largest absolute Gasteiger partial charge is 0.352 e. The molecule has 1 aromatic carbocycles. The van der Waals surface area contributed by atoms with Gasteiger partial charge in [0, 0.05) is 16.7 Å². The quantitative estimate of drug-likeness (QED) is 0.620. The lowest BCUT2D eigenvalue weighted by Crippen LogP contribution is -2.32. The molecule has 1 unspecified atom stereocenters. The third kappa shape index (κ3) is 3.30. The van der Waals surface area contributed by atoms with E-state index in [4.69, 9.17) is 17.3 Å². The van der Waals surface area contributed by atoms with Gasteiger partial charge in [-0.05, 0) is 47.7 Å². The maximum atomic E-state index is 10.7. The number of hydrogen-bond donors (Lipinski definition) is 2. The molecule has 1 aromatic heterocycles. The number of carbonyl (C=O) groups excluding carboxylic acids is 1. The third-order valence-corrected chi connectivity index (χ3v) is 3.60. The Morgan fingerprint density at radius 2 is 2.37 bits per heavy atom. The summed E-state index contributed by atoms with van der Waals surface area (Å²) >= 11 is 8.41. The first-order valence-corrected chi connectivity index (χ1v) is 7.33. The first-order valence-electron chi connectivity index (χ1n) is 5.82. The van der Waals surface area contributed by atoms with Gasteiger partial charge in [0.1, 0.15) is 5.82 Å². The molecule has 7 heteroatoms. The molecule has 0 bridgehead atoms. The second-order valence-electron chi connectivity index (χ2n) is 4.16. The molecule has 0 saturated heterocycles. The van der Waals surface area contributed by atoms with Crippen LogP contribution in [0.25, 0.3) is 11.0 Å². The van der Waals surface area contributed by atoms with E-state index < -0.39 is 6.03 Å². The SMILES string of the molecule is CC(Cl)c1nc2cc(I)ccc2n1CCNC(N)=O. The smallest absolute Gasteiger partial charge is 0.312 e. The Balaban J connectivity index is 2.37. The number of nitrogens with two attached hydrogens (primary N) is 1. The Morgan fingerprint density at radius 1 is 1.63 bits per heavy atom. The highest BCUT2D eigenvalue weighted by Gasteiger charge is 2.14. The number of urea groups is 1. The van der Waals surface area contributed by atoms with Crippen LogP contribution in [-0.4, -0.2) is 22.1 Å². The fraction of sp³-hybridized carbons (Fsp3) is 0.333. The Kier molecular flexibility index (Phi) is 4.51. The maximum absolute atomic E-state index is 10.7. The minimum Gasteiger partial charge on any atom is -0.352 e. The van der Waals surface area contributed by atoms with E-state index in [1.165, 1.54) is 0 Å². The topological polar surface area (TPSA) is 72.9 Å². The molecule has 0 aliphatic rings. The standard InChI is InChI=1S/C12H14ClIN4O/c1-7(13)11-17-9-6-8(14)2-3-10(9)18(11)5-4-16-12(15)19/h2-3,6-7H,4-5H2,1H3,(H3,15,16,19). The highest BCUT2D eigenvalue weighted by atomic mass is 127. The van der Waals surface area contributed by atoms with Gasteiger partial charge in [-0.2, -0.15) is 0 Å². The monoisotopic (exact) mass is 392 g/mol. The van der Waals surface area contributed by atoms with Gasteiger partial charge >= 0.3 is 6.03 Å². The van der Waals surface area contributed by atoms with Crippen molar-refractivity contribution in [2.24, 2.45) is 5.73 Å². The van der Waals surface area contributed by atoms with Crippen molar-refractivity contribution in [1.29, 1.82) is 0 Å². The summed E-state index contributed by atoms with van der Waals surface area (Å²) < 4.78 is 3.14. The Labute approximate surface area is 129 Å². The summed E-state index contributed by atoms with van der Waals surface area (Å²) in [5.41, 5.74) is 6.98. The van der Waals surface area contributed by atoms with E-state index >= 15 is 0 Å². The van der Waals surface area contributed by atoms with Crippen LogP contribution in [0.15, 0.2) is 18.2 Å². The van der Waals surface area contributed by atoms with Crippen molar-refractivity contribution in [3.8, 4) is 0 Å². The zero-order chi connectivity index (χ0) is 14.0. The number of primary amides is 1. The van der Waals surface area contributed by atoms with E-state index in [9.17, 15) is 4.79 Å². The summed E-state index contributed by atoms with van der Waals surface area (Å²) in [5.74, 6) is 0.796. The summed E-state index contributed by atoms with van der Waals surface area (Å²) in [6.07, 6.45) is 0. The molecular formula is C12H14ClIN4O. The van der Waals surface area contributed by atoms with Crippen LogP contribution in [0.1, 0.15) is 18.1 Å². The summed E-state index contributed by atoms with van der Waals surface area (Å²) in [7, 11) is 0. The molecule has 0 spiro atoms. The van der Waals surface area contributed by atoms with Gasteiger partial charge in [0.05, 0.1) is 16.4 Å². The van der Waals surface area contributed by atoms with Crippen molar-refractivity contribution in [2.45, 2.75) is 18.8 Å². The molecule has 0 radical (unpaired) electrons. The van der Waals surface area contributed by atoms with Crippen molar-refractivity contribution in [2.75, 3.05) is 6.54 Å². The fourth-order valence-corrected chi connectivity index (χ4v) is 2.59. The summed E-state index contributed by atoms with van der Waals surface area (Å²) in [4.78, 5) is 15.3. The van der Waals surface area contributed by atoms with Crippen molar-refractivity contribution < 1.29 is 4.79 Å². The van der Waals surface area contributed by atoms with Gasteiger partial charge in [0.2, 0.25) is 0 Å². The molecule has 0 saturated carbocycles. The van der Waals surface area contributed by atoms with E-state index in [1.807, 2.05) is 29.7 Å². The number of nitrogens with zero attached hydrogens (tertiary/aromatic N) is 2. The molecule has 0 aliphatic heterocycles. The Hall–Kier alpha value is -1.02. The molecule has 5 nitrogen and oxygen atoms in total. The maximum Gasteiger partial charge on any atom is 0.312 e.